The topological polar surface area (TPSA) is 102 Å². The van der Waals surface area contributed by atoms with Gasteiger partial charge in [-0.2, -0.15) is 5.10 Å². The van der Waals surface area contributed by atoms with Gasteiger partial charge < -0.3 is 10.1 Å². The largest absolute Gasteiger partial charge is 0.482 e. The molecule has 3 rings (SSSR count). The number of benzene rings is 1. The van der Waals surface area contributed by atoms with Crippen molar-refractivity contribution >= 4 is 21.6 Å². The van der Waals surface area contributed by atoms with Crippen molar-refractivity contribution < 1.29 is 17.9 Å². The number of aromatic nitrogens is 2. The van der Waals surface area contributed by atoms with E-state index in [0.717, 1.165) is 11.4 Å². The number of fused-ring (bicyclic) bond motifs is 1. The van der Waals surface area contributed by atoms with Gasteiger partial charge in [0.05, 0.1) is 22.8 Å². The van der Waals surface area contributed by atoms with Crippen LogP contribution < -0.4 is 14.8 Å². The summed E-state index contributed by atoms with van der Waals surface area (Å²) in [7, 11) is -3.69. The summed E-state index contributed by atoms with van der Waals surface area (Å²) < 4.78 is 34.3. The molecule has 1 aliphatic heterocycles. The lowest BCUT2D eigenvalue weighted by molar-refractivity contribution is -0.118. The third kappa shape index (κ3) is 3.41. The van der Waals surface area contributed by atoms with Gasteiger partial charge in [0.15, 0.2) is 6.61 Å². The number of hydrogen-bond acceptors (Lipinski definition) is 5. The van der Waals surface area contributed by atoms with Crippen LogP contribution in [0.1, 0.15) is 11.4 Å². The smallest absolute Gasteiger partial charge is 0.262 e. The van der Waals surface area contributed by atoms with Gasteiger partial charge >= 0.3 is 0 Å². The fraction of sp³-hybridized carbons (Fsp3) is 0.333. The number of hydrogen-bond donors (Lipinski definition) is 2. The van der Waals surface area contributed by atoms with Crippen molar-refractivity contribution in [2.24, 2.45) is 0 Å². The van der Waals surface area contributed by atoms with Crippen molar-refractivity contribution in [3.63, 3.8) is 0 Å². The fourth-order valence-corrected chi connectivity index (χ4v) is 3.55. The number of carbonyl (C=O) groups excluding carboxylic acids is 1. The minimum Gasteiger partial charge on any atom is -0.482 e. The first kappa shape index (κ1) is 16.5. The number of anilines is 1. The van der Waals surface area contributed by atoms with Gasteiger partial charge in [-0.1, -0.05) is 0 Å². The van der Waals surface area contributed by atoms with E-state index in [1.807, 2.05) is 19.9 Å². The molecule has 0 aliphatic carbocycles. The van der Waals surface area contributed by atoms with E-state index in [-0.39, 0.29) is 24.0 Å². The summed E-state index contributed by atoms with van der Waals surface area (Å²) in [4.78, 5) is 11.4. The monoisotopic (exact) mass is 350 g/mol. The first-order chi connectivity index (χ1) is 11.3. The molecule has 0 spiro atoms. The van der Waals surface area contributed by atoms with Crippen molar-refractivity contribution in [3.8, 4) is 5.75 Å². The minimum absolute atomic E-state index is 0.0695. The molecule has 24 heavy (non-hydrogen) atoms. The Bertz CT molecular complexity index is 889. The van der Waals surface area contributed by atoms with Crippen LogP contribution in [0.15, 0.2) is 29.2 Å². The molecule has 2 aromatic rings. The predicted molar refractivity (Wildman–Crippen MR) is 87.5 cm³/mol. The normalized spacial score (nSPS) is 14.0. The van der Waals surface area contributed by atoms with Crippen LogP contribution in [0.2, 0.25) is 0 Å². The zero-order valence-corrected chi connectivity index (χ0v) is 14.2. The summed E-state index contributed by atoms with van der Waals surface area (Å²) in [6.45, 7) is 4.38. The molecule has 0 saturated heterocycles. The van der Waals surface area contributed by atoms with E-state index in [4.69, 9.17) is 4.74 Å². The number of carbonyl (C=O) groups is 1. The molecule has 0 saturated carbocycles. The molecule has 128 valence electrons. The Kier molecular flexibility index (Phi) is 4.29. The Morgan fingerprint density at radius 3 is 2.83 bits per heavy atom. The van der Waals surface area contributed by atoms with Gasteiger partial charge in [0.2, 0.25) is 10.0 Å². The zero-order chi connectivity index (χ0) is 17.3. The van der Waals surface area contributed by atoms with E-state index >= 15 is 0 Å². The lowest BCUT2D eigenvalue weighted by Gasteiger charge is -2.18. The Morgan fingerprint density at radius 1 is 1.33 bits per heavy atom. The molecule has 1 aromatic heterocycles. The molecule has 8 nitrogen and oxygen atoms in total. The number of rotatable bonds is 5. The molecule has 0 atom stereocenters. The number of nitrogens with one attached hydrogen (secondary N) is 2. The van der Waals surface area contributed by atoms with Crippen LogP contribution in [-0.2, 0) is 21.4 Å². The Morgan fingerprint density at radius 2 is 2.12 bits per heavy atom. The lowest BCUT2D eigenvalue weighted by Crippen LogP contribution is -2.29. The van der Waals surface area contributed by atoms with Crippen molar-refractivity contribution in [3.05, 3.63) is 35.7 Å². The predicted octanol–water partition coefficient (Wildman–Crippen LogP) is 0.809. The second-order valence-corrected chi connectivity index (χ2v) is 7.31. The van der Waals surface area contributed by atoms with Crippen LogP contribution in [0, 0.1) is 13.8 Å². The zero-order valence-electron chi connectivity index (χ0n) is 13.4. The lowest BCUT2D eigenvalue weighted by atomic mass is 10.2. The van der Waals surface area contributed by atoms with Gasteiger partial charge in [0.1, 0.15) is 5.75 Å². The molecular weight excluding hydrogens is 332 g/mol. The Hall–Kier alpha value is -2.39. The van der Waals surface area contributed by atoms with Gasteiger partial charge in [0.25, 0.3) is 5.91 Å². The maximum atomic E-state index is 12.4. The summed E-state index contributed by atoms with van der Waals surface area (Å²) in [5.74, 6) is 0.144. The van der Waals surface area contributed by atoms with Crippen molar-refractivity contribution in [1.29, 1.82) is 0 Å². The van der Waals surface area contributed by atoms with Gasteiger partial charge in [-0.05, 0) is 38.1 Å². The number of aryl methyl sites for hydroxylation is 2. The molecular formula is C15H18N4O4S. The molecule has 1 amide bonds. The molecule has 0 fully saturated rings. The summed E-state index contributed by atoms with van der Waals surface area (Å²) in [5.41, 5.74) is 2.22. The van der Waals surface area contributed by atoms with Gasteiger partial charge in [-0.15, -0.1) is 0 Å². The van der Waals surface area contributed by atoms with Crippen LogP contribution in [0.3, 0.4) is 0 Å². The standard InChI is InChI=1S/C15H18N4O4S/c1-10-7-11(2)19(18-10)6-5-16-24(21,22)12-3-4-14-13(8-12)17-15(20)9-23-14/h3-4,7-8,16H,5-6,9H2,1-2H3,(H,17,20). The minimum atomic E-state index is -3.69. The van der Waals surface area contributed by atoms with E-state index in [9.17, 15) is 13.2 Å². The summed E-state index contributed by atoms with van der Waals surface area (Å²) in [5, 5.41) is 6.88. The Labute approximate surface area is 139 Å². The summed E-state index contributed by atoms with van der Waals surface area (Å²) in [6.07, 6.45) is 0. The van der Waals surface area contributed by atoms with Crippen molar-refractivity contribution in [2.45, 2.75) is 25.3 Å². The molecule has 0 radical (unpaired) electrons. The van der Waals surface area contributed by atoms with E-state index < -0.39 is 10.0 Å². The van der Waals surface area contributed by atoms with E-state index in [1.54, 1.807) is 4.68 Å². The first-order valence-electron chi connectivity index (χ1n) is 7.42. The average molecular weight is 350 g/mol. The Balaban J connectivity index is 1.70. The molecule has 2 heterocycles. The third-order valence-electron chi connectivity index (χ3n) is 3.61. The number of nitrogens with zero attached hydrogens (tertiary/aromatic N) is 2. The highest BCUT2D eigenvalue weighted by atomic mass is 32.2. The molecule has 0 bridgehead atoms. The maximum absolute atomic E-state index is 12.4. The van der Waals surface area contributed by atoms with E-state index in [0.29, 0.717) is 18.0 Å². The number of ether oxygens (including phenoxy) is 1. The number of sulfonamides is 1. The highest BCUT2D eigenvalue weighted by molar-refractivity contribution is 7.89. The second-order valence-electron chi connectivity index (χ2n) is 5.54. The summed E-state index contributed by atoms with van der Waals surface area (Å²) in [6, 6.07) is 6.30. The second kappa shape index (κ2) is 6.25. The molecule has 1 aliphatic rings. The fourth-order valence-electron chi connectivity index (χ4n) is 2.50. The van der Waals surface area contributed by atoms with Gasteiger partial charge in [0, 0.05) is 12.2 Å². The summed E-state index contributed by atoms with van der Waals surface area (Å²) >= 11 is 0. The van der Waals surface area contributed by atoms with Crippen LogP contribution in [0.25, 0.3) is 0 Å². The number of amides is 1. The highest BCUT2D eigenvalue weighted by Gasteiger charge is 2.20. The van der Waals surface area contributed by atoms with Crippen molar-refractivity contribution in [2.75, 3.05) is 18.5 Å². The maximum Gasteiger partial charge on any atom is 0.262 e. The SMILES string of the molecule is Cc1cc(C)n(CCNS(=O)(=O)c2ccc3c(c2)NC(=O)CO3)n1. The molecule has 9 heteroatoms. The molecule has 2 N–H and O–H groups in total. The van der Waals surface area contributed by atoms with E-state index in [2.05, 4.69) is 15.1 Å². The van der Waals surface area contributed by atoms with Crippen LogP contribution in [-0.4, -0.2) is 37.3 Å². The van der Waals surface area contributed by atoms with Gasteiger partial charge in [-0.25, -0.2) is 13.1 Å². The average Bonchev–Trinajstić information content (AvgIpc) is 2.84. The first-order valence-corrected chi connectivity index (χ1v) is 8.91. The van der Waals surface area contributed by atoms with Crippen LogP contribution >= 0.6 is 0 Å². The van der Waals surface area contributed by atoms with Crippen molar-refractivity contribution in [1.82, 2.24) is 14.5 Å². The quantitative estimate of drug-likeness (QED) is 0.831. The van der Waals surface area contributed by atoms with E-state index in [1.165, 1.54) is 18.2 Å². The molecule has 1 aromatic carbocycles. The highest BCUT2D eigenvalue weighted by Crippen LogP contribution is 2.29. The van der Waals surface area contributed by atoms with Crippen LogP contribution in [0.4, 0.5) is 5.69 Å². The van der Waals surface area contributed by atoms with Gasteiger partial charge in [-0.3, -0.25) is 9.48 Å². The molecule has 0 unspecified atom stereocenters. The van der Waals surface area contributed by atoms with Crippen LogP contribution in [0.5, 0.6) is 5.75 Å². The third-order valence-corrected chi connectivity index (χ3v) is 5.07.